The number of likely N-dealkylation sites (tertiary alicyclic amines) is 1. The van der Waals surface area contributed by atoms with E-state index in [1.54, 1.807) is 10.6 Å². The molecule has 8 heteroatoms. The summed E-state index contributed by atoms with van der Waals surface area (Å²) < 4.78 is 1.77. The Morgan fingerprint density at radius 2 is 1.87 bits per heavy atom. The van der Waals surface area contributed by atoms with Gasteiger partial charge in [0.25, 0.3) is 5.56 Å². The second-order valence-electron chi connectivity index (χ2n) is 8.67. The van der Waals surface area contributed by atoms with Crippen LogP contribution in [-0.4, -0.2) is 47.6 Å². The number of amides is 1. The van der Waals surface area contributed by atoms with Gasteiger partial charge in [-0.3, -0.25) is 19.1 Å². The molecule has 2 fully saturated rings. The molecular formula is C23H30Cl2N4O2. The van der Waals surface area contributed by atoms with Crippen LogP contribution in [0.5, 0.6) is 0 Å². The van der Waals surface area contributed by atoms with Crippen molar-refractivity contribution in [2.75, 3.05) is 26.2 Å². The molecule has 3 aliphatic rings. The molecule has 1 aromatic heterocycles. The first kappa shape index (κ1) is 23.8. The van der Waals surface area contributed by atoms with Gasteiger partial charge in [0.1, 0.15) is 6.04 Å². The smallest absolute Gasteiger partial charge is 0.251 e. The largest absolute Gasteiger partial charge is 0.350 e. The van der Waals surface area contributed by atoms with E-state index in [9.17, 15) is 9.59 Å². The van der Waals surface area contributed by atoms with Crippen molar-refractivity contribution in [3.8, 4) is 0 Å². The quantitative estimate of drug-likeness (QED) is 0.728. The van der Waals surface area contributed by atoms with Crippen LogP contribution in [0.15, 0.2) is 53.3 Å². The van der Waals surface area contributed by atoms with Gasteiger partial charge >= 0.3 is 0 Å². The number of nitrogens with zero attached hydrogens (tertiary/aromatic N) is 2. The van der Waals surface area contributed by atoms with Gasteiger partial charge < -0.3 is 10.6 Å². The molecule has 6 nitrogen and oxygen atoms in total. The number of halogens is 2. The normalized spacial score (nSPS) is 26.8. The molecule has 4 heterocycles. The molecule has 3 aliphatic heterocycles. The van der Waals surface area contributed by atoms with Gasteiger partial charge in [-0.2, -0.15) is 0 Å². The van der Waals surface area contributed by atoms with Crippen LogP contribution in [-0.2, 0) is 11.3 Å². The highest BCUT2D eigenvalue weighted by molar-refractivity contribution is 5.85. The average molecular weight is 465 g/mol. The van der Waals surface area contributed by atoms with Crippen molar-refractivity contribution in [3.05, 3.63) is 70.1 Å². The lowest BCUT2D eigenvalue weighted by Gasteiger charge is -2.42. The molecule has 0 aliphatic carbocycles. The minimum Gasteiger partial charge on any atom is -0.350 e. The Morgan fingerprint density at radius 3 is 2.68 bits per heavy atom. The van der Waals surface area contributed by atoms with E-state index in [-0.39, 0.29) is 48.2 Å². The van der Waals surface area contributed by atoms with Crippen LogP contribution in [0.2, 0.25) is 0 Å². The Hall–Kier alpha value is -1.86. The molecule has 1 amide bonds. The van der Waals surface area contributed by atoms with Gasteiger partial charge in [-0.05, 0) is 24.5 Å². The molecule has 1 aromatic carbocycles. The first-order valence-corrected chi connectivity index (χ1v) is 10.7. The van der Waals surface area contributed by atoms with Crippen LogP contribution in [0.1, 0.15) is 36.1 Å². The van der Waals surface area contributed by atoms with Crippen molar-refractivity contribution in [1.82, 2.24) is 20.1 Å². The Bertz CT molecular complexity index is 952. The van der Waals surface area contributed by atoms with Crippen LogP contribution in [0.3, 0.4) is 0 Å². The zero-order chi connectivity index (χ0) is 19.8. The topological polar surface area (TPSA) is 66.4 Å². The Morgan fingerprint density at radius 1 is 1.06 bits per heavy atom. The first-order valence-electron chi connectivity index (χ1n) is 10.7. The third kappa shape index (κ3) is 4.82. The predicted molar refractivity (Wildman–Crippen MR) is 126 cm³/mol. The van der Waals surface area contributed by atoms with E-state index < -0.39 is 6.04 Å². The maximum Gasteiger partial charge on any atom is 0.251 e. The molecule has 2 N–H and O–H groups in total. The molecule has 2 bridgehead atoms. The van der Waals surface area contributed by atoms with Crippen LogP contribution in [0.4, 0.5) is 0 Å². The molecule has 0 unspecified atom stereocenters. The lowest BCUT2D eigenvalue weighted by molar-refractivity contribution is -0.127. The molecule has 0 radical (unpaired) electrons. The molecular weight excluding hydrogens is 435 g/mol. The highest BCUT2D eigenvalue weighted by Gasteiger charge is 2.42. The van der Waals surface area contributed by atoms with Gasteiger partial charge in [-0.15, -0.1) is 24.8 Å². The molecule has 31 heavy (non-hydrogen) atoms. The van der Waals surface area contributed by atoms with E-state index in [0.29, 0.717) is 5.92 Å². The number of carbonyl (C=O) groups is 1. The third-order valence-corrected chi connectivity index (χ3v) is 6.69. The number of hydrogen-bond donors (Lipinski definition) is 2. The number of aromatic nitrogens is 1. The fraction of sp³-hybridized carbons (Fsp3) is 0.478. The SMILES string of the molecule is Cl.Cl.O=C(N[C@H]1CCN(Cc2ccccc2)C1)[C@H]1[C@@H]2CNC[C@@H](C2)c2cccc(=O)n21. The summed E-state index contributed by atoms with van der Waals surface area (Å²) in [5.74, 6) is 0.487. The summed E-state index contributed by atoms with van der Waals surface area (Å²) in [6.07, 6.45) is 1.92. The molecule has 5 rings (SSSR count). The Labute approximate surface area is 195 Å². The number of benzene rings is 1. The van der Waals surface area contributed by atoms with Crippen molar-refractivity contribution in [3.63, 3.8) is 0 Å². The standard InChI is InChI=1S/C23H28N4O2.2ClH/c28-21-8-4-7-20-17-11-18(13-24-12-17)22(27(20)21)23(29)25-19-9-10-26(15-19)14-16-5-2-1-3-6-16;;/h1-8,17-19,22,24H,9-15H2,(H,25,29);2*1H/t17-,18+,19+,22-;;/m1../s1. The number of fused-ring (bicyclic) bond motifs is 4. The zero-order valence-corrected chi connectivity index (χ0v) is 19.0. The molecule has 2 aromatic rings. The van der Waals surface area contributed by atoms with E-state index in [1.807, 2.05) is 18.2 Å². The number of pyridine rings is 1. The second-order valence-corrected chi connectivity index (χ2v) is 8.67. The van der Waals surface area contributed by atoms with Crippen molar-refractivity contribution in [2.45, 2.75) is 37.4 Å². The molecule has 0 saturated carbocycles. The Balaban J connectivity index is 0.00000136. The number of carbonyl (C=O) groups excluding carboxylic acids is 1. The van der Waals surface area contributed by atoms with Gasteiger partial charge in [0.2, 0.25) is 5.91 Å². The fourth-order valence-electron chi connectivity index (χ4n) is 5.35. The highest BCUT2D eigenvalue weighted by Crippen LogP contribution is 2.38. The second kappa shape index (κ2) is 10.2. The van der Waals surface area contributed by atoms with E-state index >= 15 is 0 Å². The van der Waals surface area contributed by atoms with Crippen LogP contribution in [0.25, 0.3) is 0 Å². The summed E-state index contributed by atoms with van der Waals surface area (Å²) in [7, 11) is 0. The summed E-state index contributed by atoms with van der Waals surface area (Å²) >= 11 is 0. The number of rotatable bonds is 4. The third-order valence-electron chi connectivity index (χ3n) is 6.69. The van der Waals surface area contributed by atoms with E-state index in [2.05, 4.69) is 39.8 Å². The Kier molecular flexibility index (Phi) is 7.81. The lowest BCUT2D eigenvalue weighted by Crippen LogP contribution is -2.53. The first-order chi connectivity index (χ1) is 14.2. The fourth-order valence-corrected chi connectivity index (χ4v) is 5.35. The van der Waals surface area contributed by atoms with Gasteiger partial charge in [0.15, 0.2) is 0 Å². The molecule has 168 valence electrons. The maximum absolute atomic E-state index is 13.3. The number of piperidine rings is 1. The minimum absolute atomic E-state index is 0. The summed E-state index contributed by atoms with van der Waals surface area (Å²) in [4.78, 5) is 28.4. The minimum atomic E-state index is -0.411. The molecule has 2 saturated heterocycles. The van der Waals surface area contributed by atoms with Crippen LogP contribution in [0, 0.1) is 5.92 Å². The summed E-state index contributed by atoms with van der Waals surface area (Å²) in [5.41, 5.74) is 2.24. The number of hydrogen-bond acceptors (Lipinski definition) is 4. The lowest BCUT2D eigenvalue weighted by atomic mass is 9.79. The van der Waals surface area contributed by atoms with Crippen molar-refractivity contribution >= 4 is 30.7 Å². The van der Waals surface area contributed by atoms with Gasteiger partial charge in [-0.25, -0.2) is 0 Å². The van der Waals surface area contributed by atoms with Crippen LogP contribution >= 0.6 is 24.8 Å². The number of nitrogens with one attached hydrogen (secondary N) is 2. The molecule has 4 atom stereocenters. The van der Waals surface area contributed by atoms with E-state index in [0.717, 1.165) is 51.3 Å². The summed E-state index contributed by atoms with van der Waals surface area (Å²) in [6.45, 7) is 4.42. The highest BCUT2D eigenvalue weighted by atomic mass is 35.5. The summed E-state index contributed by atoms with van der Waals surface area (Å²) in [5, 5.41) is 6.72. The van der Waals surface area contributed by atoms with Gasteiger partial charge in [0, 0.05) is 62.4 Å². The van der Waals surface area contributed by atoms with Gasteiger partial charge in [-0.1, -0.05) is 36.4 Å². The maximum atomic E-state index is 13.3. The summed E-state index contributed by atoms with van der Waals surface area (Å²) in [6, 6.07) is 15.6. The van der Waals surface area contributed by atoms with E-state index in [1.165, 1.54) is 5.56 Å². The van der Waals surface area contributed by atoms with Gasteiger partial charge in [0.05, 0.1) is 0 Å². The average Bonchev–Trinajstić information content (AvgIpc) is 3.16. The monoisotopic (exact) mass is 464 g/mol. The van der Waals surface area contributed by atoms with E-state index in [4.69, 9.17) is 0 Å². The van der Waals surface area contributed by atoms with Crippen LogP contribution < -0.4 is 16.2 Å². The van der Waals surface area contributed by atoms with Crippen molar-refractivity contribution < 1.29 is 4.79 Å². The predicted octanol–water partition coefficient (Wildman–Crippen LogP) is 2.33. The van der Waals surface area contributed by atoms with Crippen molar-refractivity contribution in [2.24, 2.45) is 5.92 Å². The molecule has 0 spiro atoms. The van der Waals surface area contributed by atoms with Crippen molar-refractivity contribution in [1.29, 1.82) is 0 Å². The zero-order valence-electron chi connectivity index (χ0n) is 17.4.